The lowest BCUT2D eigenvalue weighted by Gasteiger charge is -2.21. The third-order valence-electron chi connectivity index (χ3n) is 2.96. The Morgan fingerprint density at radius 1 is 1.05 bits per heavy atom. The Hall–Kier alpha value is -2.07. The summed E-state index contributed by atoms with van der Waals surface area (Å²) in [5, 5.41) is 3.44. The summed E-state index contributed by atoms with van der Waals surface area (Å²) in [6, 6.07) is 9.41. The molecule has 0 bridgehead atoms. The molecule has 2 aromatic rings. The van der Waals surface area contributed by atoms with Crippen LogP contribution in [-0.2, 0) is 6.54 Å². The van der Waals surface area contributed by atoms with Crippen LogP contribution in [-0.4, -0.2) is 17.6 Å². The van der Waals surface area contributed by atoms with Crippen molar-refractivity contribution in [1.29, 1.82) is 0 Å². The predicted octanol–water partition coefficient (Wildman–Crippen LogP) is 3.77. The highest BCUT2D eigenvalue weighted by molar-refractivity contribution is 5.38. The molecule has 0 saturated carbocycles. The van der Waals surface area contributed by atoms with E-state index in [2.05, 4.69) is 31.1 Å². The summed E-state index contributed by atoms with van der Waals surface area (Å²) < 4.78 is 11.1. The highest BCUT2D eigenvalue weighted by Gasteiger charge is 2.11. The Kier molecular flexibility index (Phi) is 4.81. The molecule has 1 heterocycles. The van der Waals surface area contributed by atoms with Gasteiger partial charge in [-0.2, -0.15) is 0 Å². The first kappa shape index (κ1) is 15.3. The second kappa shape index (κ2) is 6.59. The average Bonchev–Trinajstić information content (AvgIpc) is 2.46. The number of hydrogen-bond donors (Lipinski definition) is 1. The molecule has 2 rings (SSSR count). The minimum absolute atomic E-state index is 0.0488. The SMILES string of the molecule is COc1ccc(Oc2ccncc2CNC(C)(C)C)cc1. The van der Waals surface area contributed by atoms with Gasteiger partial charge in [0.05, 0.1) is 7.11 Å². The maximum Gasteiger partial charge on any atom is 0.134 e. The maximum atomic E-state index is 5.94. The molecular weight excluding hydrogens is 264 g/mol. The van der Waals surface area contributed by atoms with Crippen molar-refractivity contribution in [2.24, 2.45) is 0 Å². The molecule has 4 nitrogen and oxygen atoms in total. The molecule has 112 valence electrons. The van der Waals surface area contributed by atoms with Gasteiger partial charge < -0.3 is 14.8 Å². The van der Waals surface area contributed by atoms with Crippen LogP contribution in [0.5, 0.6) is 17.2 Å². The van der Waals surface area contributed by atoms with E-state index in [0.29, 0.717) is 6.54 Å². The average molecular weight is 286 g/mol. The van der Waals surface area contributed by atoms with Gasteiger partial charge in [0.1, 0.15) is 17.2 Å². The van der Waals surface area contributed by atoms with Crippen molar-refractivity contribution in [2.45, 2.75) is 32.9 Å². The lowest BCUT2D eigenvalue weighted by molar-refractivity contribution is 0.409. The van der Waals surface area contributed by atoms with Gasteiger partial charge in [-0.3, -0.25) is 4.98 Å². The van der Waals surface area contributed by atoms with Crippen LogP contribution >= 0.6 is 0 Å². The highest BCUT2D eigenvalue weighted by atomic mass is 16.5. The van der Waals surface area contributed by atoms with Crippen LogP contribution in [0.25, 0.3) is 0 Å². The van der Waals surface area contributed by atoms with Crippen molar-refractivity contribution in [3.63, 3.8) is 0 Å². The summed E-state index contributed by atoms with van der Waals surface area (Å²) in [4.78, 5) is 4.18. The standard InChI is InChI=1S/C17H22N2O2/c1-17(2,3)19-12-13-11-18-10-9-16(13)21-15-7-5-14(20-4)6-8-15/h5-11,19H,12H2,1-4H3. The zero-order chi connectivity index (χ0) is 15.3. The minimum Gasteiger partial charge on any atom is -0.497 e. The molecule has 0 spiro atoms. The number of benzene rings is 1. The Labute approximate surface area is 126 Å². The van der Waals surface area contributed by atoms with E-state index < -0.39 is 0 Å². The minimum atomic E-state index is 0.0488. The number of rotatable bonds is 5. The molecule has 0 saturated heterocycles. The number of hydrogen-bond acceptors (Lipinski definition) is 4. The van der Waals surface area contributed by atoms with Crippen LogP contribution in [0.1, 0.15) is 26.3 Å². The van der Waals surface area contributed by atoms with Crippen molar-refractivity contribution >= 4 is 0 Å². The molecule has 21 heavy (non-hydrogen) atoms. The Bertz CT molecular complexity index is 574. The van der Waals surface area contributed by atoms with Crippen molar-refractivity contribution < 1.29 is 9.47 Å². The van der Waals surface area contributed by atoms with Crippen LogP contribution < -0.4 is 14.8 Å². The van der Waals surface area contributed by atoms with Crippen molar-refractivity contribution in [1.82, 2.24) is 10.3 Å². The molecule has 0 aliphatic carbocycles. The van der Waals surface area contributed by atoms with Crippen LogP contribution in [0.2, 0.25) is 0 Å². The van der Waals surface area contributed by atoms with Gasteiger partial charge in [-0.15, -0.1) is 0 Å². The third kappa shape index (κ3) is 4.76. The Morgan fingerprint density at radius 2 is 1.71 bits per heavy atom. The molecule has 4 heteroatoms. The van der Waals surface area contributed by atoms with Gasteiger partial charge in [-0.05, 0) is 51.1 Å². The number of ether oxygens (including phenoxy) is 2. The molecule has 0 fully saturated rings. The van der Waals surface area contributed by atoms with Crippen LogP contribution in [0.3, 0.4) is 0 Å². The molecule has 1 aromatic heterocycles. The van der Waals surface area contributed by atoms with E-state index in [1.54, 1.807) is 13.3 Å². The molecule has 1 aromatic carbocycles. The fourth-order valence-electron chi connectivity index (χ4n) is 1.78. The Morgan fingerprint density at radius 3 is 2.33 bits per heavy atom. The first-order chi connectivity index (χ1) is 9.98. The fourth-order valence-corrected chi connectivity index (χ4v) is 1.78. The largest absolute Gasteiger partial charge is 0.497 e. The van der Waals surface area contributed by atoms with Gasteiger partial charge >= 0.3 is 0 Å². The zero-order valence-electron chi connectivity index (χ0n) is 13.0. The number of aromatic nitrogens is 1. The molecule has 0 radical (unpaired) electrons. The smallest absolute Gasteiger partial charge is 0.134 e. The fraction of sp³-hybridized carbons (Fsp3) is 0.353. The molecule has 0 atom stereocenters. The lowest BCUT2D eigenvalue weighted by Crippen LogP contribution is -2.35. The molecule has 0 amide bonds. The second-order valence-electron chi connectivity index (χ2n) is 5.86. The maximum absolute atomic E-state index is 5.94. The van der Waals surface area contributed by atoms with Gasteiger partial charge in [0, 0.05) is 30.0 Å². The molecule has 0 aliphatic rings. The van der Waals surface area contributed by atoms with E-state index in [-0.39, 0.29) is 5.54 Å². The summed E-state index contributed by atoms with van der Waals surface area (Å²) >= 11 is 0. The second-order valence-corrected chi connectivity index (χ2v) is 5.86. The first-order valence-corrected chi connectivity index (χ1v) is 6.98. The quantitative estimate of drug-likeness (QED) is 0.908. The number of nitrogens with zero attached hydrogens (tertiary/aromatic N) is 1. The van der Waals surface area contributed by atoms with Crippen LogP contribution in [0.15, 0.2) is 42.7 Å². The summed E-state index contributed by atoms with van der Waals surface area (Å²) in [6.07, 6.45) is 3.57. The number of methoxy groups -OCH3 is 1. The predicted molar refractivity (Wildman–Crippen MR) is 83.9 cm³/mol. The van der Waals surface area contributed by atoms with Crippen molar-refractivity contribution in [3.05, 3.63) is 48.3 Å². The van der Waals surface area contributed by atoms with Gasteiger partial charge in [0.25, 0.3) is 0 Å². The topological polar surface area (TPSA) is 43.4 Å². The van der Waals surface area contributed by atoms with Crippen LogP contribution in [0, 0.1) is 0 Å². The van der Waals surface area contributed by atoms with Crippen LogP contribution in [0.4, 0.5) is 0 Å². The lowest BCUT2D eigenvalue weighted by atomic mass is 10.1. The normalized spacial score (nSPS) is 11.2. The third-order valence-corrected chi connectivity index (χ3v) is 2.96. The number of pyridine rings is 1. The van der Waals surface area contributed by atoms with E-state index >= 15 is 0 Å². The molecule has 0 aliphatic heterocycles. The summed E-state index contributed by atoms with van der Waals surface area (Å²) in [5.41, 5.74) is 1.08. The van der Waals surface area contributed by atoms with E-state index in [0.717, 1.165) is 22.8 Å². The van der Waals surface area contributed by atoms with E-state index in [4.69, 9.17) is 9.47 Å². The molecular formula is C17H22N2O2. The number of nitrogens with one attached hydrogen (secondary N) is 1. The summed E-state index contributed by atoms with van der Waals surface area (Å²) in [7, 11) is 1.65. The monoisotopic (exact) mass is 286 g/mol. The zero-order valence-corrected chi connectivity index (χ0v) is 13.0. The van der Waals surface area contributed by atoms with Gasteiger partial charge in [0.2, 0.25) is 0 Å². The van der Waals surface area contributed by atoms with Gasteiger partial charge in [-0.25, -0.2) is 0 Å². The highest BCUT2D eigenvalue weighted by Crippen LogP contribution is 2.26. The van der Waals surface area contributed by atoms with E-state index in [1.165, 1.54) is 0 Å². The van der Waals surface area contributed by atoms with Crippen molar-refractivity contribution in [2.75, 3.05) is 7.11 Å². The van der Waals surface area contributed by atoms with E-state index in [9.17, 15) is 0 Å². The van der Waals surface area contributed by atoms with Gasteiger partial charge in [0.15, 0.2) is 0 Å². The Balaban J connectivity index is 2.11. The molecule has 0 unspecified atom stereocenters. The first-order valence-electron chi connectivity index (χ1n) is 6.98. The van der Waals surface area contributed by atoms with E-state index in [1.807, 2.05) is 36.5 Å². The molecule has 1 N–H and O–H groups in total. The summed E-state index contributed by atoms with van der Waals surface area (Å²) in [5.74, 6) is 2.40. The van der Waals surface area contributed by atoms with Crippen molar-refractivity contribution in [3.8, 4) is 17.2 Å². The van der Waals surface area contributed by atoms with Gasteiger partial charge in [-0.1, -0.05) is 0 Å². The summed E-state index contributed by atoms with van der Waals surface area (Å²) in [6.45, 7) is 7.11.